The first kappa shape index (κ1) is 16.2. The summed E-state index contributed by atoms with van der Waals surface area (Å²) in [6, 6.07) is 0.990. The van der Waals surface area contributed by atoms with Gasteiger partial charge in [0.1, 0.15) is 11.9 Å². The first-order chi connectivity index (χ1) is 10.4. The Morgan fingerprint density at radius 1 is 1.64 bits per heavy atom. The Bertz CT molecular complexity index is 588. The van der Waals surface area contributed by atoms with Crippen LogP contribution in [0.3, 0.4) is 0 Å². The molecule has 22 heavy (non-hydrogen) atoms. The zero-order valence-corrected chi connectivity index (χ0v) is 12.9. The van der Waals surface area contributed by atoms with E-state index in [0.29, 0.717) is 12.0 Å². The Labute approximate surface area is 131 Å². The highest BCUT2D eigenvalue weighted by Crippen LogP contribution is 2.21. The van der Waals surface area contributed by atoms with E-state index in [1.54, 1.807) is 11.4 Å². The fourth-order valence-electron chi connectivity index (χ4n) is 2.33. The molecule has 2 rings (SSSR count). The van der Waals surface area contributed by atoms with Crippen molar-refractivity contribution in [3.8, 4) is 0 Å². The number of hydrogen-bond acceptors (Lipinski definition) is 5. The Morgan fingerprint density at radius 3 is 2.91 bits per heavy atom. The Morgan fingerprint density at radius 2 is 2.36 bits per heavy atom. The minimum Gasteiger partial charge on any atom is -0.465 e. The fourth-order valence-corrected chi connectivity index (χ4v) is 3.16. The summed E-state index contributed by atoms with van der Waals surface area (Å²) >= 11 is 1.38. The van der Waals surface area contributed by atoms with E-state index in [1.807, 2.05) is 0 Å². The second-order valence-electron chi connectivity index (χ2n) is 4.98. The molecule has 2 amide bonds. The number of methoxy groups -OCH3 is 1. The molecule has 0 aliphatic carbocycles. The van der Waals surface area contributed by atoms with E-state index in [-0.39, 0.29) is 30.9 Å². The molecule has 1 fully saturated rings. The van der Waals surface area contributed by atoms with Gasteiger partial charge in [-0.05, 0) is 6.07 Å². The lowest BCUT2D eigenvalue weighted by molar-refractivity contribution is -0.125. The normalized spacial score (nSPS) is 20.9. The number of nitrogens with zero attached hydrogens (tertiary/aromatic N) is 1. The van der Waals surface area contributed by atoms with Crippen molar-refractivity contribution >= 4 is 29.2 Å². The number of nitrogens with one attached hydrogen (secondary N) is 2. The number of thiophene rings is 1. The first-order valence-electron chi connectivity index (χ1n) is 6.64. The number of amides is 2. The van der Waals surface area contributed by atoms with Crippen LogP contribution in [0.4, 0.5) is 4.79 Å². The molecular formula is C13H18N4O4S. The summed E-state index contributed by atoms with van der Waals surface area (Å²) < 4.78 is 5.14. The number of hydrogen-bond donors (Lipinski definition) is 4. The molecule has 1 aliphatic heterocycles. The number of carbonyl (C=O) groups is 2. The lowest BCUT2D eigenvalue weighted by Gasteiger charge is -2.20. The number of rotatable bonds is 5. The smallest absolute Gasteiger partial charge is 0.408 e. The van der Waals surface area contributed by atoms with Gasteiger partial charge in [0.15, 0.2) is 0 Å². The summed E-state index contributed by atoms with van der Waals surface area (Å²) in [6.45, 7) is 0.468. The van der Waals surface area contributed by atoms with Crippen LogP contribution in [0.15, 0.2) is 11.4 Å². The number of amidine groups is 1. The fraction of sp³-hybridized carbons (Fsp3) is 0.462. The highest BCUT2D eigenvalue weighted by atomic mass is 32.1. The predicted octanol–water partition coefficient (Wildman–Crippen LogP) is 0.416. The maximum Gasteiger partial charge on any atom is 0.408 e. The maximum absolute atomic E-state index is 12.2. The summed E-state index contributed by atoms with van der Waals surface area (Å²) in [5.74, 6) is -0.371. The van der Waals surface area contributed by atoms with Crippen LogP contribution in [0.25, 0.3) is 0 Å². The van der Waals surface area contributed by atoms with Crippen molar-refractivity contribution in [3.63, 3.8) is 0 Å². The highest BCUT2D eigenvalue weighted by Gasteiger charge is 2.39. The minimum absolute atomic E-state index is 0.0235. The van der Waals surface area contributed by atoms with Gasteiger partial charge < -0.3 is 20.9 Å². The number of carboxylic acid groups (broad SMARTS) is 1. The Balaban J connectivity index is 1.95. The molecule has 0 aromatic carbocycles. The second-order valence-corrected chi connectivity index (χ2v) is 5.97. The van der Waals surface area contributed by atoms with Crippen molar-refractivity contribution in [3.05, 3.63) is 21.9 Å². The summed E-state index contributed by atoms with van der Waals surface area (Å²) in [4.78, 5) is 25.3. The lowest BCUT2D eigenvalue weighted by atomic mass is 10.2. The Kier molecular flexibility index (Phi) is 4.99. The van der Waals surface area contributed by atoms with Gasteiger partial charge in [-0.2, -0.15) is 0 Å². The predicted molar refractivity (Wildman–Crippen MR) is 81.1 cm³/mol. The van der Waals surface area contributed by atoms with Crippen LogP contribution in [0.5, 0.6) is 0 Å². The molecule has 0 radical (unpaired) electrons. The summed E-state index contributed by atoms with van der Waals surface area (Å²) in [5, 5.41) is 20.9. The maximum atomic E-state index is 12.2. The highest BCUT2D eigenvalue weighted by molar-refractivity contribution is 7.10. The standard InChI is InChI=1S/C13H18N4O4S/c1-21-8-3-10(17(5-8)13(19)20)12(18)16-4-9-2-7(6-22-9)11(14)15/h2,6,8,10H,3-5H2,1H3,(H3,14,15)(H,16,18)(H,19,20)/t8-,10+/m1/s1. The van der Waals surface area contributed by atoms with Gasteiger partial charge in [0.05, 0.1) is 19.2 Å². The number of carbonyl (C=O) groups excluding carboxylic acids is 1. The number of nitrogen functional groups attached to an aromatic ring is 1. The van der Waals surface area contributed by atoms with Crippen LogP contribution in [0.2, 0.25) is 0 Å². The van der Waals surface area contributed by atoms with Gasteiger partial charge in [-0.25, -0.2) is 4.79 Å². The summed E-state index contributed by atoms with van der Waals surface area (Å²) in [5.41, 5.74) is 5.99. The molecule has 5 N–H and O–H groups in total. The molecule has 2 atom stereocenters. The molecule has 0 unspecified atom stereocenters. The second kappa shape index (κ2) is 6.75. The third kappa shape index (κ3) is 3.55. The van der Waals surface area contributed by atoms with Gasteiger partial charge in [0.2, 0.25) is 5.91 Å². The lowest BCUT2D eigenvalue weighted by Crippen LogP contribution is -2.45. The molecule has 120 valence electrons. The van der Waals surface area contributed by atoms with Crippen LogP contribution < -0.4 is 11.1 Å². The first-order valence-corrected chi connectivity index (χ1v) is 7.52. The van der Waals surface area contributed by atoms with E-state index >= 15 is 0 Å². The van der Waals surface area contributed by atoms with Crippen molar-refractivity contribution in [2.75, 3.05) is 13.7 Å². The van der Waals surface area contributed by atoms with E-state index in [9.17, 15) is 9.59 Å². The van der Waals surface area contributed by atoms with Gasteiger partial charge in [-0.3, -0.25) is 15.1 Å². The number of nitrogens with two attached hydrogens (primary N) is 1. The van der Waals surface area contributed by atoms with Gasteiger partial charge >= 0.3 is 6.09 Å². The van der Waals surface area contributed by atoms with Gasteiger partial charge in [0.25, 0.3) is 0 Å². The molecule has 2 heterocycles. The molecule has 1 aromatic rings. The molecule has 0 saturated carbocycles. The third-order valence-corrected chi connectivity index (χ3v) is 4.48. The van der Waals surface area contributed by atoms with Crippen molar-refractivity contribution in [2.45, 2.75) is 25.1 Å². The van der Waals surface area contributed by atoms with Crippen LogP contribution >= 0.6 is 11.3 Å². The van der Waals surface area contributed by atoms with Crippen LogP contribution in [-0.2, 0) is 16.1 Å². The molecule has 1 aliphatic rings. The van der Waals surface area contributed by atoms with E-state index in [0.717, 1.165) is 9.78 Å². The van der Waals surface area contributed by atoms with E-state index in [4.69, 9.17) is 21.0 Å². The van der Waals surface area contributed by atoms with Crippen LogP contribution in [-0.4, -0.2) is 53.6 Å². The summed E-state index contributed by atoms with van der Waals surface area (Å²) in [7, 11) is 1.50. The van der Waals surface area contributed by atoms with E-state index in [1.165, 1.54) is 18.4 Å². The van der Waals surface area contributed by atoms with Crippen molar-refractivity contribution in [1.82, 2.24) is 10.2 Å². The van der Waals surface area contributed by atoms with Gasteiger partial charge in [-0.15, -0.1) is 11.3 Å². The number of likely N-dealkylation sites (tertiary alicyclic amines) is 1. The van der Waals surface area contributed by atoms with Crippen molar-refractivity contribution < 1.29 is 19.4 Å². The van der Waals surface area contributed by atoms with Crippen molar-refractivity contribution in [1.29, 1.82) is 5.41 Å². The van der Waals surface area contributed by atoms with Crippen LogP contribution in [0, 0.1) is 5.41 Å². The Hall–Kier alpha value is -2.13. The zero-order valence-electron chi connectivity index (χ0n) is 12.0. The quantitative estimate of drug-likeness (QED) is 0.460. The topological polar surface area (TPSA) is 129 Å². The molecule has 8 nitrogen and oxygen atoms in total. The molecule has 0 spiro atoms. The zero-order chi connectivity index (χ0) is 16.3. The largest absolute Gasteiger partial charge is 0.465 e. The molecule has 9 heteroatoms. The van der Waals surface area contributed by atoms with Gasteiger partial charge in [-0.1, -0.05) is 0 Å². The molecule has 1 saturated heterocycles. The SMILES string of the molecule is CO[C@@H]1C[C@@H](C(=O)NCc2cc(C(=N)N)cs2)N(C(=O)O)C1. The van der Waals surface area contributed by atoms with Gasteiger partial charge in [0, 0.05) is 29.4 Å². The van der Waals surface area contributed by atoms with Crippen molar-refractivity contribution in [2.24, 2.45) is 5.73 Å². The molecular weight excluding hydrogens is 308 g/mol. The average Bonchev–Trinajstić information content (AvgIpc) is 3.11. The third-order valence-electron chi connectivity index (χ3n) is 3.55. The minimum atomic E-state index is -1.13. The average molecular weight is 326 g/mol. The van der Waals surface area contributed by atoms with E-state index < -0.39 is 12.1 Å². The number of ether oxygens (including phenoxy) is 1. The molecule has 0 bridgehead atoms. The van der Waals surface area contributed by atoms with E-state index in [2.05, 4.69) is 5.32 Å². The summed E-state index contributed by atoms with van der Waals surface area (Å²) in [6.07, 6.45) is -1.05. The monoisotopic (exact) mass is 326 g/mol. The molecule has 1 aromatic heterocycles. The van der Waals surface area contributed by atoms with Crippen LogP contribution in [0.1, 0.15) is 16.9 Å².